The Morgan fingerprint density at radius 1 is 1.05 bits per heavy atom. The lowest BCUT2D eigenvalue weighted by molar-refractivity contribution is 0.563. The molecule has 3 heteroatoms. The fourth-order valence-corrected chi connectivity index (χ4v) is 2.42. The van der Waals surface area contributed by atoms with Crippen molar-refractivity contribution in [2.75, 3.05) is 5.73 Å². The van der Waals surface area contributed by atoms with Gasteiger partial charge in [0, 0.05) is 11.1 Å². The molecule has 2 aromatic carbocycles. The van der Waals surface area contributed by atoms with E-state index in [1.54, 1.807) is 6.07 Å². The summed E-state index contributed by atoms with van der Waals surface area (Å²) in [4.78, 5) is 12.2. The van der Waals surface area contributed by atoms with E-state index < -0.39 is 0 Å². The van der Waals surface area contributed by atoms with Gasteiger partial charge >= 0.3 is 5.63 Å². The highest BCUT2D eigenvalue weighted by atomic mass is 16.4. The molecule has 0 saturated heterocycles. The molecule has 0 aliphatic heterocycles. The first-order chi connectivity index (χ1) is 9.69. The molecule has 0 aliphatic carbocycles. The lowest BCUT2D eigenvalue weighted by atomic mass is 9.98. The summed E-state index contributed by atoms with van der Waals surface area (Å²) in [6.45, 7) is 2.04. The zero-order valence-electron chi connectivity index (χ0n) is 11.2. The maximum absolute atomic E-state index is 12.2. The van der Waals surface area contributed by atoms with Crippen LogP contribution in [0.5, 0.6) is 0 Å². The van der Waals surface area contributed by atoms with Crippen molar-refractivity contribution >= 4 is 16.7 Å². The van der Waals surface area contributed by atoms with Crippen LogP contribution in [0.1, 0.15) is 12.5 Å². The van der Waals surface area contributed by atoms with Gasteiger partial charge in [-0.2, -0.15) is 0 Å². The Labute approximate surface area is 116 Å². The molecule has 3 aromatic rings. The van der Waals surface area contributed by atoms with Crippen LogP contribution in [-0.4, -0.2) is 0 Å². The van der Waals surface area contributed by atoms with Gasteiger partial charge in [0.2, 0.25) is 0 Å². The van der Waals surface area contributed by atoms with Gasteiger partial charge in [-0.3, -0.25) is 0 Å². The quantitative estimate of drug-likeness (QED) is 0.569. The number of nitrogen functional groups attached to an aromatic ring is 1. The van der Waals surface area contributed by atoms with Crippen molar-refractivity contribution in [2.45, 2.75) is 13.3 Å². The Kier molecular flexibility index (Phi) is 3.03. The second-order valence-corrected chi connectivity index (χ2v) is 4.76. The molecule has 0 spiro atoms. The molecule has 0 unspecified atom stereocenters. The maximum Gasteiger partial charge on any atom is 0.344 e. The second kappa shape index (κ2) is 4.85. The summed E-state index contributed by atoms with van der Waals surface area (Å²) in [7, 11) is 0. The highest BCUT2D eigenvalue weighted by Crippen LogP contribution is 2.26. The second-order valence-electron chi connectivity index (χ2n) is 4.76. The molecule has 1 aromatic heterocycles. The Morgan fingerprint density at radius 3 is 2.65 bits per heavy atom. The van der Waals surface area contributed by atoms with Crippen molar-refractivity contribution in [3.63, 3.8) is 0 Å². The number of aryl methyl sites for hydroxylation is 1. The van der Waals surface area contributed by atoms with Gasteiger partial charge in [-0.25, -0.2) is 4.79 Å². The van der Waals surface area contributed by atoms with E-state index in [4.69, 9.17) is 10.2 Å². The van der Waals surface area contributed by atoms with Crippen molar-refractivity contribution in [3.8, 4) is 11.1 Å². The number of hydrogen-bond donors (Lipinski definition) is 1. The number of fused-ring (bicyclic) bond motifs is 1. The SMILES string of the molecule is CCc1cc(N)ccc1-c1cc2ccccc2oc1=O. The lowest BCUT2D eigenvalue weighted by Crippen LogP contribution is -2.04. The van der Waals surface area contributed by atoms with E-state index in [1.807, 2.05) is 49.4 Å². The predicted molar refractivity (Wildman–Crippen MR) is 81.7 cm³/mol. The number of rotatable bonds is 2. The Morgan fingerprint density at radius 2 is 1.85 bits per heavy atom. The minimum absolute atomic E-state index is 0.317. The van der Waals surface area contributed by atoms with Crippen LogP contribution >= 0.6 is 0 Å². The summed E-state index contributed by atoms with van der Waals surface area (Å²) in [6.07, 6.45) is 0.812. The van der Waals surface area contributed by atoms with Gasteiger partial charge in [-0.15, -0.1) is 0 Å². The van der Waals surface area contributed by atoms with Gasteiger partial charge < -0.3 is 10.2 Å². The monoisotopic (exact) mass is 265 g/mol. The Balaban J connectivity index is 2.29. The van der Waals surface area contributed by atoms with Gasteiger partial charge in [0.05, 0.1) is 5.56 Å². The highest BCUT2D eigenvalue weighted by Gasteiger charge is 2.11. The standard InChI is InChI=1S/C17H15NO2/c1-2-11-9-13(18)7-8-14(11)15-10-12-5-3-4-6-16(12)20-17(15)19/h3-10H,2,18H2,1H3. The molecule has 3 nitrogen and oxygen atoms in total. The van der Waals surface area contributed by atoms with Crippen LogP contribution in [-0.2, 0) is 6.42 Å². The van der Waals surface area contributed by atoms with Crippen LogP contribution in [0.4, 0.5) is 5.69 Å². The average Bonchev–Trinajstić information content (AvgIpc) is 2.46. The first-order valence-electron chi connectivity index (χ1n) is 6.60. The number of hydrogen-bond acceptors (Lipinski definition) is 3. The van der Waals surface area contributed by atoms with E-state index in [0.717, 1.165) is 22.9 Å². The van der Waals surface area contributed by atoms with Crippen molar-refractivity contribution in [3.05, 3.63) is 64.5 Å². The zero-order chi connectivity index (χ0) is 14.1. The predicted octanol–water partition coefficient (Wildman–Crippen LogP) is 3.60. The molecule has 0 atom stereocenters. The molecule has 0 saturated carbocycles. The van der Waals surface area contributed by atoms with Gasteiger partial charge in [0.1, 0.15) is 5.58 Å². The minimum atomic E-state index is -0.317. The fourth-order valence-electron chi connectivity index (χ4n) is 2.42. The van der Waals surface area contributed by atoms with Gasteiger partial charge in [0.15, 0.2) is 0 Å². The van der Waals surface area contributed by atoms with Gasteiger partial charge in [-0.05, 0) is 41.8 Å². The van der Waals surface area contributed by atoms with E-state index in [1.165, 1.54) is 0 Å². The minimum Gasteiger partial charge on any atom is -0.422 e. The highest BCUT2D eigenvalue weighted by molar-refractivity contribution is 5.82. The van der Waals surface area contributed by atoms with E-state index in [2.05, 4.69) is 0 Å². The summed E-state index contributed by atoms with van der Waals surface area (Å²) in [5.74, 6) is 0. The van der Waals surface area contributed by atoms with Gasteiger partial charge in [-0.1, -0.05) is 31.2 Å². The zero-order valence-corrected chi connectivity index (χ0v) is 11.2. The van der Waals surface area contributed by atoms with Crippen molar-refractivity contribution in [2.24, 2.45) is 0 Å². The largest absolute Gasteiger partial charge is 0.422 e. The molecule has 0 amide bonds. The van der Waals surface area contributed by atoms with Crippen molar-refractivity contribution in [1.29, 1.82) is 0 Å². The third-order valence-electron chi connectivity index (χ3n) is 3.44. The molecule has 0 aliphatic rings. The first kappa shape index (κ1) is 12.5. The van der Waals surface area contributed by atoms with Crippen LogP contribution in [0.15, 0.2) is 57.7 Å². The van der Waals surface area contributed by atoms with E-state index in [9.17, 15) is 4.79 Å². The third kappa shape index (κ3) is 2.07. The molecule has 3 rings (SSSR count). The molecule has 0 fully saturated rings. The van der Waals surface area contributed by atoms with Crippen LogP contribution in [0.2, 0.25) is 0 Å². The first-order valence-corrected chi connectivity index (χ1v) is 6.60. The molecule has 1 heterocycles. The summed E-state index contributed by atoms with van der Waals surface area (Å²) in [6, 6.07) is 15.0. The third-order valence-corrected chi connectivity index (χ3v) is 3.44. The normalized spacial score (nSPS) is 10.8. The van der Waals surface area contributed by atoms with Crippen molar-refractivity contribution in [1.82, 2.24) is 0 Å². The van der Waals surface area contributed by atoms with Crippen LogP contribution in [0.3, 0.4) is 0 Å². The maximum atomic E-state index is 12.2. The van der Waals surface area contributed by atoms with E-state index in [-0.39, 0.29) is 5.63 Å². The van der Waals surface area contributed by atoms with Gasteiger partial charge in [0.25, 0.3) is 0 Å². The number of benzene rings is 2. The smallest absolute Gasteiger partial charge is 0.344 e. The molecule has 20 heavy (non-hydrogen) atoms. The molecular weight excluding hydrogens is 250 g/mol. The molecule has 100 valence electrons. The summed E-state index contributed by atoms with van der Waals surface area (Å²) in [5.41, 5.74) is 9.32. The fraction of sp³-hybridized carbons (Fsp3) is 0.118. The Bertz CT molecular complexity index is 834. The lowest BCUT2D eigenvalue weighted by Gasteiger charge is -2.08. The molecular formula is C17H15NO2. The Hall–Kier alpha value is -2.55. The van der Waals surface area contributed by atoms with E-state index in [0.29, 0.717) is 16.8 Å². The van der Waals surface area contributed by atoms with Crippen molar-refractivity contribution < 1.29 is 4.42 Å². The number of nitrogens with two attached hydrogens (primary N) is 1. The molecule has 0 bridgehead atoms. The van der Waals surface area contributed by atoms with Crippen LogP contribution in [0, 0.1) is 0 Å². The van der Waals surface area contributed by atoms with Crippen LogP contribution < -0.4 is 11.4 Å². The molecule has 0 radical (unpaired) electrons. The molecule has 2 N–H and O–H groups in total. The topological polar surface area (TPSA) is 56.2 Å². The number of anilines is 1. The van der Waals surface area contributed by atoms with E-state index >= 15 is 0 Å². The average molecular weight is 265 g/mol. The number of para-hydroxylation sites is 1. The summed E-state index contributed by atoms with van der Waals surface area (Å²) < 4.78 is 5.39. The van der Waals surface area contributed by atoms with Crippen LogP contribution in [0.25, 0.3) is 22.1 Å². The summed E-state index contributed by atoms with van der Waals surface area (Å²) >= 11 is 0. The summed E-state index contributed by atoms with van der Waals surface area (Å²) in [5, 5.41) is 0.918.